The first-order valence-corrected chi connectivity index (χ1v) is 11.4. The summed E-state index contributed by atoms with van der Waals surface area (Å²) >= 11 is 1.01. The topological polar surface area (TPSA) is 73.8 Å². The maximum atomic E-state index is 13.3. The van der Waals surface area contributed by atoms with E-state index in [1.165, 1.54) is 15.5 Å². The zero-order valence-corrected chi connectivity index (χ0v) is 18.9. The van der Waals surface area contributed by atoms with Crippen LogP contribution >= 0.6 is 11.3 Å². The maximum Gasteiger partial charge on any atom is 0.435 e. The van der Waals surface area contributed by atoms with Crippen LogP contribution in [0.15, 0.2) is 18.5 Å². The summed E-state index contributed by atoms with van der Waals surface area (Å²) in [6.45, 7) is 3.22. The minimum Gasteiger partial charge on any atom is -0.258 e. The third-order valence-electron chi connectivity index (χ3n) is 6.06. The molecule has 0 radical (unpaired) electrons. The number of alkyl halides is 6. The minimum absolute atomic E-state index is 0.00549. The number of nitrogens with zero attached hydrogens (tertiary/aromatic N) is 7. The summed E-state index contributed by atoms with van der Waals surface area (Å²) in [7, 11) is 0. The number of pyridine rings is 1. The minimum atomic E-state index is -4.59. The van der Waals surface area contributed by atoms with Crippen LogP contribution in [-0.2, 0) is 12.4 Å². The molecule has 7 nitrogen and oxygen atoms in total. The summed E-state index contributed by atoms with van der Waals surface area (Å²) in [5, 5.41) is 8.69. The molecule has 5 aromatic heterocycles. The summed E-state index contributed by atoms with van der Waals surface area (Å²) in [6.07, 6.45) is -6.21. The van der Waals surface area contributed by atoms with Gasteiger partial charge in [-0.3, -0.25) is 4.68 Å². The van der Waals surface area contributed by atoms with Gasteiger partial charge >= 0.3 is 12.4 Å². The third kappa shape index (κ3) is 3.53. The van der Waals surface area contributed by atoms with Crippen LogP contribution < -0.4 is 0 Å². The molecule has 0 amide bonds. The number of fused-ring (bicyclic) bond motifs is 5. The Bertz CT molecular complexity index is 1620. The highest BCUT2D eigenvalue weighted by Crippen LogP contribution is 2.44. The number of halogens is 6. The quantitative estimate of drug-likeness (QED) is 0.281. The van der Waals surface area contributed by atoms with Gasteiger partial charge in [0.15, 0.2) is 17.2 Å². The molecule has 1 unspecified atom stereocenters. The van der Waals surface area contributed by atoms with Gasteiger partial charge in [0.1, 0.15) is 27.6 Å². The average molecular weight is 511 g/mol. The van der Waals surface area contributed by atoms with Crippen molar-refractivity contribution in [1.82, 2.24) is 34.3 Å². The van der Waals surface area contributed by atoms with E-state index in [4.69, 9.17) is 0 Å². The summed E-state index contributed by atoms with van der Waals surface area (Å²) in [5.41, 5.74) is -0.320. The molecule has 1 atom stereocenters. The molecule has 1 aliphatic carbocycles. The largest absolute Gasteiger partial charge is 0.435 e. The van der Waals surface area contributed by atoms with Crippen LogP contribution in [0.3, 0.4) is 0 Å². The first-order valence-electron chi connectivity index (χ1n) is 10.6. The number of rotatable bonds is 3. The molecule has 35 heavy (non-hydrogen) atoms. The molecule has 5 aromatic rings. The molecule has 0 aromatic carbocycles. The fourth-order valence-corrected chi connectivity index (χ4v) is 5.38. The van der Waals surface area contributed by atoms with Gasteiger partial charge in [-0.15, -0.1) is 16.4 Å². The molecular formula is C21H15F6N7S. The van der Waals surface area contributed by atoms with E-state index < -0.39 is 29.8 Å². The van der Waals surface area contributed by atoms with E-state index in [1.54, 1.807) is 13.8 Å². The van der Waals surface area contributed by atoms with Gasteiger partial charge in [0.2, 0.25) is 0 Å². The molecule has 0 bridgehead atoms. The van der Waals surface area contributed by atoms with Crippen LogP contribution in [0.5, 0.6) is 0 Å². The van der Waals surface area contributed by atoms with Gasteiger partial charge in [-0.1, -0.05) is 0 Å². The highest BCUT2D eigenvalue weighted by atomic mass is 32.1. The van der Waals surface area contributed by atoms with E-state index in [-0.39, 0.29) is 16.6 Å². The Morgan fingerprint density at radius 2 is 1.71 bits per heavy atom. The lowest BCUT2D eigenvalue weighted by molar-refractivity contribution is -0.142. The Hall–Kier alpha value is -3.29. The summed E-state index contributed by atoms with van der Waals surface area (Å²) in [5.74, 6) is 0.224. The van der Waals surface area contributed by atoms with Crippen molar-refractivity contribution in [3.63, 3.8) is 0 Å². The van der Waals surface area contributed by atoms with Gasteiger partial charge in [-0.05, 0) is 44.4 Å². The molecule has 1 saturated carbocycles. The van der Waals surface area contributed by atoms with Crippen molar-refractivity contribution in [2.24, 2.45) is 0 Å². The number of hydrogen-bond donors (Lipinski definition) is 0. The highest BCUT2D eigenvalue weighted by molar-refractivity contribution is 7.26. The molecule has 1 aliphatic rings. The average Bonchev–Trinajstić information content (AvgIpc) is 3.20. The normalized spacial score (nSPS) is 16.1. The van der Waals surface area contributed by atoms with Crippen molar-refractivity contribution in [1.29, 1.82) is 0 Å². The van der Waals surface area contributed by atoms with Crippen LogP contribution in [-0.4, -0.2) is 34.3 Å². The number of aromatic nitrogens is 7. The van der Waals surface area contributed by atoms with Crippen LogP contribution in [0.2, 0.25) is 0 Å². The Morgan fingerprint density at radius 3 is 2.37 bits per heavy atom. The monoisotopic (exact) mass is 511 g/mol. The molecule has 14 heteroatoms. The van der Waals surface area contributed by atoms with E-state index in [0.29, 0.717) is 32.5 Å². The zero-order valence-electron chi connectivity index (χ0n) is 18.1. The Morgan fingerprint density at radius 1 is 1.00 bits per heavy atom. The number of hydrogen-bond acceptors (Lipinski definition) is 6. The predicted molar refractivity (Wildman–Crippen MR) is 114 cm³/mol. The van der Waals surface area contributed by atoms with Gasteiger partial charge in [0, 0.05) is 17.0 Å². The molecule has 0 N–H and O–H groups in total. The maximum absolute atomic E-state index is 13.3. The van der Waals surface area contributed by atoms with Crippen molar-refractivity contribution in [3.8, 4) is 0 Å². The first kappa shape index (κ1) is 22.2. The van der Waals surface area contributed by atoms with E-state index in [1.807, 2.05) is 0 Å². The lowest BCUT2D eigenvalue weighted by Gasteiger charge is -2.12. The van der Waals surface area contributed by atoms with Gasteiger partial charge in [0.05, 0.1) is 5.52 Å². The molecule has 1 fully saturated rings. The first-order chi connectivity index (χ1) is 16.4. The third-order valence-corrected chi connectivity index (χ3v) is 7.13. The number of aryl methyl sites for hydroxylation is 1. The summed E-state index contributed by atoms with van der Waals surface area (Å²) in [6, 6.07) is 1.35. The van der Waals surface area contributed by atoms with E-state index in [2.05, 4.69) is 25.1 Å². The second-order valence-electron chi connectivity index (χ2n) is 8.61. The Kier molecular flexibility index (Phi) is 4.51. The van der Waals surface area contributed by atoms with Gasteiger partial charge in [-0.2, -0.15) is 31.4 Å². The second kappa shape index (κ2) is 7.12. The fourth-order valence-electron chi connectivity index (χ4n) is 4.20. The standard InChI is InChI=1S/C21H15F6N7S/c1-8-5-12(20(22,23)24)29-19-14(8)15-16(35-19)18-30-17(32-33(18)7-28-15)9(2)34-11(10-3-4-10)6-13(31-34)21(25,26)27/h5-7,9-10H,3-4H2,1-2H3. The van der Waals surface area contributed by atoms with Crippen LogP contribution in [0.25, 0.3) is 26.1 Å². The SMILES string of the molecule is Cc1cc(C(F)(F)F)nc2sc3c(ncn4nc(C(C)n5nc(C(F)(F)F)cc5C5CC5)nc34)c12. The lowest BCUT2D eigenvalue weighted by Crippen LogP contribution is -2.15. The van der Waals surface area contributed by atoms with Crippen molar-refractivity contribution in [2.75, 3.05) is 0 Å². The molecule has 5 heterocycles. The van der Waals surface area contributed by atoms with Gasteiger partial charge < -0.3 is 0 Å². The summed E-state index contributed by atoms with van der Waals surface area (Å²) < 4.78 is 82.9. The van der Waals surface area contributed by atoms with Crippen molar-refractivity contribution in [2.45, 2.75) is 51.0 Å². The van der Waals surface area contributed by atoms with E-state index >= 15 is 0 Å². The Balaban J connectivity index is 1.50. The van der Waals surface area contributed by atoms with Crippen molar-refractivity contribution in [3.05, 3.63) is 46.9 Å². The smallest absolute Gasteiger partial charge is 0.258 e. The molecule has 0 spiro atoms. The van der Waals surface area contributed by atoms with Crippen molar-refractivity contribution < 1.29 is 26.3 Å². The lowest BCUT2D eigenvalue weighted by atomic mass is 10.1. The second-order valence-corrected chi connectivity index (χ2v) is 9.61. The van der Waals surface area contributed by atoms with Crippen LogP contribution in [0, 0.1) is 6.92 Å². The zero-order chi connectivity index (χ0) is 24.9. The molecule has 0 aliphatic heterocycles. The summed E-state index contributed by atoms with van der Waals surface area (Å²) in [4.78, 5) is 12.9. The Labute approximate surface area is 196 Å². The molecular weight excluding hydrogens is 496 g/mol. The predicted octanol–water partition coefficient (Wildman–Crippen LogP) is 5.92. The van der Waals surface area contributed by atoms with E-state index in [0.717, 1.165) is 36.3 Å². The van der Waals surface area contributed by atoms with Gasteiger partial charge in [-0.25, -0.2) is 19.5 Å². The number of thiophene rings is 1. The van der Waals surface area contributed by atoms with Crippen LogP contribution in [0.1, 0.15) is 60.2 Å². The highest BCUT2D eigenvalue weighted by Gasteiger charge is 2.39. The molecule has 6 rings (SSSR count). The van der Waals surface area contributed by atoms with E-state index in [9.17, 15) is 26.3 Å². The van der Waals surface area contributed by atoms with Crippen molar-refractivity contribution >= 4 is 37.4 Å². The van der Waals surface area contributed by atoms with Crippen LogP contribution in [0.4, 0.5) is 26.3 Å². The van der Waals surface area contributed by atoms with Gasteiger partial charge in [0.25, 0.3) is 0 Å². The fraction of sp³-hybridized carbons (Fsp3) is 0.381. The molecule has 182 valence electrons. The molecule has 0 saturated heterocycles.